The van der Waals surface area contributed by atoms with E-state index in [1.807, 2.05) is 0 Å². The summed E-state index contributed by atoms with van der Waals surface area (Å²) < 4.78 is 28.1. The quantitative estimate of drug-likeness (QED) is 0.789. The molecular weight excluding hydrogens is 216 g/mol. The van der Waals surface area contributed by atoms with Crippen molar-refractivity contribution < 1.29 is 18.3 Å². The maximum Gasteiger partial charge on any atom is 0.387 e. The molecule has 0 heterocycles. The molecular formula is C11H9F2NO2. The van der Waals surface area contributed by atoms with Crippen molar-refractivity contribution in [1.82, 2.24) is 0 Å². The van der Waals surface area contributed by atoms with E-state index in [-0.39, 0.29) is 23.5 Å². The molecule has 0 radical (unpaired) electrons. The first kappa shape index (κ1) is 12.1. The Balaban J connectivity index is 2.98. The van der Waals surface area contributed by atoms with Gasteiger partial charge in [-0.3, -0.25) is 4.79 Å². The van der Waals surface area contributed by atoms with Gasteiger partial charge in [-0.25, -0.2) is 0 Å². The van der Waals surface area contributed by atoms with Gasteiger partial charge in [0.05, 0.1) is 5.56 Å². The molecule has 0 atom stereocenters. The predicted molar refractivity (Wildman–Crippen MR) is 52.2 cm³/mol. The first-order valence-electron chi connectivity index (χ1n) is 4.50. The van der Waals surface area contributed by atoms with Gasteiger partial charge in [0, 0.05) is 6.42 Å². The van der Waals surface area contributed by atoms with E-state index in [2.05, 4.69) is 4.74 Å². The van der Waals surface area contributed by atoms with Gasteiger partial charge >= 0.3 is 6.61 Å². The summed E-state index contributed by atoms with van der Waals surface area (Å²) in [7, 11) is 0. The van der Waals surface area contributed by atoms with E-state index in [9.17, 15) is 13.6 Å². The zero-order valence-corrected chi connectivity index (χ0v) is 8.54. The van der Waals surface area contributed by atoms with Gasteiger partial charge < -0.3 is 4.74 Å². The molecule has 0 fully saturated rings. The van der Waals surface area contributed by atoms with E-state index < -0.39 is 6.61 Å². The molecule has 0 unspecified atom stereocenters. The second kappa shape index (κ2) is 5.21. The van der Waals surface area contributed by atoms with Gasteiger partial charge in [0.15, 0.2) is 0 Å². The molecule has 0 aliphatic rings. The first-order chi connectivity index (χ1) is 7.52. The Hall–Kier alpha value is -1.96. The molecule has 0 aromatic heterocycles. The number of rotatable bonds is 4. The van der Waals surface area contributed by atoms with Crippen LogP contribution in [0.4, 0.5) is 8.78 Å². The first-order valence-corrected chi connectivity index (χ1v) is 4.50. The summed E-state index contributed by atoms with van der Waals surface area (Å²) in [4.78, 5) is 10.8. The Morgan fingerprint density at radius 1 is 1.56 bits per heavy atom. The maximum atomic E-state index is 12.0. The van der Waals surface area contributed by atoms with Crippen molar-refractivity contribution in [3.05, 3.63) is 29.3 Å². The number of alkyl halides is 2. The molecule has 1 aromatic rings. The highest BCUT2D eigenvalue weighted by Gasteiger charge is 2.10. The molecule has 1 rings (SSSR count). The van der Waals surface area contributed by atoms with Crippen LogP contribution in [0.1, 0.15) is 18.1 Å². The topological polar surface area (TPSA) is 50.1 Å². The van der Waals surface area contributed by atoms with Crippen LogP contribution in [-0.4, -0.2) is 12.4 Å². The molecule has 0 N–H and O–H groups in total. The number of carbonyl (C=O) groups is 1. The highest BCUT2D eigenvalue weighted by atomic mass is 19.3. The third kappa shape index (κ3) is 3.31. The fourth-order valence-electron chi connectivity index (χ4n) is 1.26. The van der Waals surface area contributed by atoms with Crippen molar-refractivity contribution in [2.75, 3.05) is 0 Å². The second-order valence-electron chi connectivity index (χ2n) is 3.20. The predicted octanol–water partition coefficient (Wildman–Crippen LogP) is 2.29. The van der Waals surface area contributed by atoms with Crippen LogP contribution in [0, 0.1) is 11.3 Å². The van der Waals surface area contributed by atoms with Gasteiger partial charge in [-0.1, -0.05) is 6.07 Å². The van der Waals surface area contributed by atoms with E-state index in [4.69, 9.17) is 5.26 Å². The largest absolute Gasteiger partial charge is 0.433 e. The second-order valence-corrected chi connectivity index (χ2v) is 3.20. The highest BCUT2D eigenvalue weighted by molar-refractivity contribution is 5.78. The highest BCUT2D eigenvalue weighted by Crippen LogP contribution is 2.21. The van der Waals surface area contributed by atoms with Crippen molar-refractivity contribution in [3.63, 3.8) is 0 Å². The number of halogens is 2. The third-order valence-corrected chi connectivity index (χ3v) is 1.83. The molecule has 0 amide bonds. The van der Waals surface area contributed by atoms with E-state index in [1.54, 1.807) is 6.07 Å². The number of hydrogen-bond acceptors (Lipinski definition) is 3. The minimum atomic E-state index is -2.97. The molecule has 0 spiro atoms. The Morgan fingerprint density at radius 2 is 2.25 bits per heavy atom. The average Bonchev–Trinajstić information content (AvgIpc) is 2.18. The summed E-state index contributed by atoms with van der Waals surface area (Å²) in [6.07, 6.45) is 0.170. The Labute approximate surface area is 91.3 Å². The minimum absolute atomic E-state index is 0.000880. The molecule has 3 nitrogen and oxygen atoms in total. The van der Waals surface area contributed by atoms with Crippen molar-refractivity contribution >= 4 is 5.78 Å². The van der Waals surface area contributed by atoms with E-state index in [1.165, 1.54) is 25.1 Å². The number of nitriles is 1. The van der Waals surface area contributed by atoms with Crippen LogP contribution >= 0.6 is 0 Å². The Kier molecular flexibility index (Phi) is 3.95. The molecule has 1 aromatic carbocycles. The smallest absolute Gasteiger partial charge is 0.387 e. The van der Waals surface area contributed by atoms with Gasteiger partial charge in [0.25, 0.3) is 0 Å². The monoisotopic (exact) mass is 225 g/mol. The van der Waals surface area contributed by atoms with Gasteiger partial charge in [-0.05, 0) is 24.6 Å². The van der Waals surface area contributed by atoms with Crippen LogP contribution < -0.4 is 4.74 Å². The van der Waals surface area contributed by atoms with Crippen LogP contribution in [-0.2, 0) is 11.2 Å². The van der Waals surface area contributed by atoms with Crippen molar-refractivity contribution in [1.29, 1.82) is 5.26 Å². The van der Waals surface area contributed by atoms with E-state index in [0.29, 0.717) is 5.56 Å². The van der Waals surface area contributed by atoms with Crippen molar-refractivity contribution in [2.24, 2.45) is 0 Å². The number of carbonyl (C=O) groups excluding carboxylic acids is 1. The lowest BCUT2D eigenvalue weighted by Crippen LogP contribution is -2.04. The Bertz CT molecular complexity index is 438. The summed E-state index contributed by atoms with van der Waals surface area (Å²) in [6.45, 7) is -1.55. The number of ketones is 1. The lowest BCUT2D eigenvalue weighted by atomic mass is 10.1. The molecule has 16 heavy (non-hydrogen) atoms. The van der Waals surface area contributed by atoms with Gasteiger partial charge in [0.1, 0.15) is 17.6 Å². The van der Waals surface area contributed by atoms with Crippen LogP contribution in [0.3, 0.4) is 0 Å². The average molecular weight is 225 g/mol. The summed E-state index contributed by atoms with van der Waals surface area (Å²) in [5, 5.41) is 8.73. The molecule has 0 aliphatic carbocycles. The summed E-state index contributed by atoms with van der Waals surface area (Å²) in [5.41, 5.74) is 0.602. The molecule has 0 bridgehead atoms. The lowest BCUT2D eigenvalue weighted by Gasteiger charge is -2.07. The summed E-state index contributed by atoms with van der Waals surface area (Å²) in [5.74, 6) is -0.240. The van der Waals surface area contributed by atoms with Crippen LogP contribution in [0.25, 0.3) is 0 Å². The number of nitrogens with zero attached hydrogens (tertiary/aromatic N) is 1. The number of ether oxygens (including phenoxy) is 1. The van der Waals surface area contributed by atoms with Gasteiger partial charge in [0.2, 0.25) is 0 Å². The number of benzene rings is 1. The minimum Gasteiger partial charge on any atom is -0.433 e. The van der Waals surface area contributed by atoms with Gasteiger partial charge in [-0.15, -0.1) is 0 Å². The van der Waals surface area contributed by atoms with E-state index >= 15 is 0 Å². The van der Waals surface area contributed by atoms with Crippen LogP contribution in [0.5, 0.6) is 5.75 Å². The standard InChI is InChI=1S/C11H9F2NO2/c1-7(15)4-8-2-3-10(16-11(12)13)9(5-8)6-14/h2-3,5,11H,4H2,1H3. The molecule has 0 saturated carbocycles. The fraction of sp³-hybridized carbons (Fsp3) is 0.273. The Morgan fingerprint density at radius 3 is 2.75 bits per heavy atom. The number of hydrogen-bond donors (Lipinski definition) is 0. The fourth-order valence-corrected chi connectivity index (χ4v) is 1.26. The zero-order chi connectivity index (χ0) is 12.1. The summed E-state index contributed by atoms with van der Waals surface area (Å²) >= 11 is 0. The molecule has 0 aliphatic heterocycles. The maximum absolute atomic E-state index is 12.0. The zero-order valence-electron chi connectivity index (χ0n) is 8.54. The SMILES string of the molecule is CC(=O)Cc1ccc(OC(F)F)c(C#N)c1. The van der Waals surface area contributed by atoms with Gasteiger partial charge in [-0.2, -0.15) is 14.0 Å². The molecule has 0 saturated heterocycles. The molecule has 84 valence electrons. The lowest BCUT2D eigenvalue weighted by molar-refractivity contribution is -0.116. The van der Waals surface area contributed by atoms with Crippen molar-refractivity contribution in [2.45, 2.75) is 20.0 Å². The van der Waals surface area contributed by atoms with E-state index in [0.717, 1.165) is 0 Å². The molecule has 5 heteroatoms. The van der Waals surface area contributed by atoms with Crippen LogP contribution in [0.2, 0.25) is 0 Å². The van der Waals surface area contributed by atoms with Crippen LogP contribution in [0.15, 0.2) is 18.2 Å². The van der Waals surface area contributed by atoms with Crippen molar-refractivity contribution in [3.8, 4) is 11.8 Å². The third-order valence-electron chi connectivity index (χ3n) is 1.83. The number of Topliss-reactive ketones (excluding diaryl/α,β-unsaturated/α-hetero) is 1. The normalized spacial score (nSPS) is 9.94. The summed E-state index contributed by atoms with van der Waals surface area (Å²) in [6, 6.07) is 5.87.